The van der Waals surface area contributed by atoms with E-state index >= 15 is 0 Å². The number of nitrogens with zero attached hydrogens (tertiary/aromatic N) is 3. The summed E-state index contributed by atoms with van der Waals surface area (Å²) in [4.78, 5) is 35.5. The lowest BCUT2D eigenvalue weighted by Crippen LogP contribution is -2.60. The molecular weight excluding hydrogens is 354 g/mol. The number of nitrogens with one attached hydrogen (secondary N) is 2. The van der Waals surface area contributed by atoms with E-state index in [1.54, 1.807) is 26.4 Å². The minimum absolute atomic E-state index is 0.0316. The number of aryl methyl sites for hydroxylation is 1. The molecule has 1 aromatic heterocycles. The van der Waals surface area contributed by atoms with Gasteiger partial charge in [0.2, 0.25) is 5.91 Å². The summed E-state index contributed by atoms with van der Waals surface area (Å²) in [5, 5.41) is 6.21. The number of likely N-dealkylation sites (N-methyl/N-ethyl adjacent to an activating group) is 1. The molecule has 4 atom stereocenters. The molecule has 0 saturated carbocycles. The molecule has 2 unspecified atom stereocenters. The molecule has 0 aromatic carbocycles. The van der Waals surface area contributed by atoms with Crippen molar-refractivity contribution in [1.29, 1.82) is 0 Å². The lowest BCUT2D eigenvalue weighted by Gasteiger charge is -2.51. The molecule has 1 saturated heterocycles. The average molecular weight is 383 g/mol. The van der Waals surface area contributed by atoms with E-state index < -0.39 is 0 Å². The Labute approximate surface area is 166 Å². The number of amides is 2. The van der Waals surface area contributed by atoms with E-state index in [9.17, 15) is 9.59 Å². The zero-order valence-corrected chi connectivity index (χ0v) is 17.2. The van der Waals surface area contributed by atoms with Crippen LogP contribution in [0.5, 0.6) is 0 Å². The van der Waals surface area contributed by atoms with Crippen LogP contribution in [0.2, 0.25) is 0 Å². The Balaban J connectivity index is 2.02. The Morgan fingerprint density at radius 1 is 1.29 bits per heavy atom. The van der Waals surface area contributed by atoms with Gasteiger partial charge in [-0.2, -0.15) is 0 Å². The molecule has 0 radical (unpaired) electrons. The van der Waals surface area contributed by atoms with Crippen LogP contribution in [0.3, 0.4) is 0 Å². The minimum atomic E-state index is -0.112. The van der Waals surface area contributed by atoms with E-state index in [1.165, 1.54) is 0 Å². The minimum Gasteiger partial charge on any atom is -0.362 e. The highest BCUT2D eigenvalue weighted by molar-refractivity contribution is 5.96. The van der Waals surface area contributed by atoms with Crippen LogP contribution in [0, 0.1) is 12.8 Å². The van der Waals surface area contributed by atoms with Crippen LogP contribution in [0.15, 0.2) is 35.7 Å². The van der Waals surface area contributed by atoms with Crippen molar-refractivity contribution >= 4 is 17.6 Å². The molecule has 1 aliphatic heterocycles. The van der Waals surface area contributed by atoms with Gasteiger partial charge in [0.05, 0.1) is 30.2 Å². The maximum absolute atomic E-state index is 12.5. The van der Waals surface area contributed by atoms with Crippen LogP contribution in [0.25, 0.3) is 0 Å². The van der Waals surface area contributed by atoms with Gasteiger partial charge in [-0.1, -0.05) is 19.9 Å². The molecule has 0 bridgehead atoms. The van der Waals surface area contributed by atoms with Crippen molar-refractivity contribution in [3.8, 4) is 0 Å². The summed E-state index contributed by atoms with van der Waals surface area (Å²) in [5.74, 6) is 0.812. The molecule has 7 heteroatoms. The van der Waals surface area contributed by atoms with Crippen molar-refractivity contribution in [2.45, 2.75) is 58.7 Å². The van der Waals surface area contributed by atoms with Crippen LogP contribution in [-0.4, -0.2) is 51.9 Å². The fraction of sp³-hybridized carbons (Fsp3) is 0.524. The number of carbonyl (C=O) groups is 2. The lowest BCUT2D eigenvalue weighted by molar-refractivity contribution is -0.136. The molecule has 150 valence electrons. The Morgan fingerprint density at radius 3 is 2.61 bits per heavy atom. The predicted octanol–water partition coefficient (Wildman–Crippen LogP) is 2.21. The van der Waals surface area contributed by atoms with Gasteiger partial charge in [-0.3, -0.25) is 14.6 Å². The van der Waals surface area contributed by atoms with E-state index in [0.29, 0.717) is 17.8 Å². The number of rotatable bonds is 4. The SMILES string of the molecule is CC[C@H]1[C@H](C)C(Nc2cnc(C)cn2)C2=CC(C(=O)NC)=CCC2N1C(C)=O. The smallest absolute Gasteiger partial charge is 0.250 e. The van der Waals surface area contributed by atoms with Crippen LogP contribution in [0.1, 0.15) is 39.3 Å². The topological polar surface area (TPSA) is 87.2 Å². The number of aromatic nitrogens is 2. The van der Waals surface area contributed by atoms with Gasteiger partial charge >= 0.3 is 0 Å². The van der Waals surface area contributed by atoms with Gasteiger partial charge < -0.3 is 15.5 Å². The maximum Gasteiger partial charge on any atom is 0.250 e. The molecule has 3 rings (SSSR count). The first-order chi connectivity index (χ1) is 13.4. The lowest BCUT2D eigenvalue weighted by atomic mass is 9.74. The zero-order chi connectivity index (χ0) is 20.4. The maximum atomic E-state index is 12.5. The van der Waals surface area contributed by atoms with Gasteiger partial charge in [0.15, 0.2) is 0 Å². The summed E-state index contributed by atoms with van der Waals surface area (Å²) >= 11 is 0. The fourth-order valence-corrected chi connectivity index (χ4v) is 4.46. The highest BCUT2D eigenvalue weighted by Crippen LogP contribution is 2.39. The first kappa shape index (κ1) is 20.0. The van der Waals surface area contributed by atoms with Crippen molar-refractivity contribution in [2.24, 2.45) is 5.92 Å². The quantitative estimate of drug-likeness (QED) is 0.832. The normalized spacial score (nSPS) is 26.7. The Bertz CT molecular complexity index is 815. The summed E-state index contributed by atoms with van der Waals surface area (Å²) in [6, 6.07) is 0.0318. The number of likely N-dealkylation sites (tertiary alicyclic amines) is 1. The van der Waals surface area contributed by atoms with Gasteiger partial charge in [0.1, 0.15) is 5.82 Å². The van der Waals surface area contributed by atoms with E-state index in [0.717, 1.165) is 17.7 Å². The second kappa shape index (κ2) is 8.12. The van der Waals surface area contributed by atoms with Crippen molar-refractivity contribution in [1.82, 2.24) is 20.2 Å². The first-order valence-electron chi connectivity index (χ1n) is 9.85. The Kier molecular flexibility index (Phi) is 5.82. The van der Waals surface area contributed by atoms with Crippen LogP contribution >= 0.6 is 0 Å². The molecule has 0 spiro atoms. The van der Waals surface area contributed by atoms with Crippen LogP contribution in [-0.2, 0) is 9.59 Å². The molecular formula is C21H29N5O2. The van der Waals surface area contributed by atoms with Crippen LogP contribution in [0.4, 0.5) is 5.82 Å². The van der Waals surface area contributed by atoms with E-state index in [2.05, 4.69) is 34.4 Å². The summed E-state index contributed by atoms with van der Waals surface area (Å²) < 4.78 is 0. The van der Waals surface area contributed by atoms with Crippen molar-refractivity contribution in [2.75, 3.05) is 12.4 Å². The predicted molar refractivity (Wildman–Crippen MR) is 109 cm³/mol. The summed E-state index contributed by atoms with van der Waals surface area (Å²) in [6.07, 6.45) is 8.83. The third-order valence-corrected chi connectivity index (χ3v) is 5.81. The highest BCUT2D eigenvalue weighted by Gasteiger charge is 2.45. The fourth-order valence-electron chi connectivity index (χ4n) is 4.46. The average Bonchev–Trinajstić information content (AvgIpc) is 2.69. The van der Waals surface area contributed by atoms with Crippen molar-refractivity contribution in [3.63, 3.8) is 0 Å². The summed E-state index contributed by atoms with van der Waals surface area (Å²) in [5.41, 5.74) is 2.55. The molecule has 28 heavy (non-hydrogen) atoms. The monoisotopic (exact) mass is 383 g/mol. The molecule has 2 heterocycles. The van der Waals surface area contributed by atoms with Gasteiger partial charge in [0.25, 0.3) is 5.91 Å². The van der Waals surface area contributed by atoms with E-state index in [-0.39, 0.29) is 35.9 Å². The largest absolute Gasteiger partial charge is 0.362 e. The number of fused-ring (bicyclic) bond motifs is 1. The van der Waals surface area contributed by atoms with Gasteiger partial charge in [-0.25, -0.2) is 4.98 Å². The molecule has 2 N–H and O–H groups in total. The number of hydrogen-bond acceptors (Lipinski definition) is 5. The first-order valence-corrected chi connectivity index (χ1v) is 9.85. The summed E-state index contributed by atoms with van der Waals surface area (Å²) in [7, 11) is 1.63. The van der Waals surface area contributed by atoms with Crippen LogP contribution < -0.4 is 10.6 Å². The summed E-state index contributed by atoms with van der Waals surface area (Å²) in [6.45, 7) is 7.80. The van der Waals surface area contributed by atoms with Gasteiger partial charge in [0, 0.05) is 31.5 Å². The highest BCUT2D eigenvalue weighted by atomic mass is 16.2. The molecule has 1 fully saturated rings. The Morgan fingerprint density at radius 2 is 2.04 bits per heavy atom. The molecule has 7 nitrogen and oxygen atoms in total. The van der Waals surface area contributed by atoms with Gasteiger partial charge in [-0.15, -0.1) is 0 Å². The molecule has 2 aliphatic rings. The van der Waals surface area contributed by atoms with Crippen molar-refractivity contribution < 1.29 is 9.59 Å². The van der Waals surface area contributed by atoms with Crippen molar-refractivity contribution in [3.05, 3.63) is 41.4 Å². The zero-order valence-electron chi connectivity index (χ0n) is 17.2. The molecule has 1 aromatic rings. The van der Waals surface area contributed by atoms with Gasteiger partial charge in [-0.05, 0) is 31.4 Å². The number of carbonyl (C=O) groups excluding carboxylic acids is 2. The third-order valence-electron chi connectivity index (χ3n) is 5.81. The number of hydrogen-bond donors (Lipinski definition) is 2. The second-order valence-corrected chi connectivity index (χ2v) is 7.56. The molecule has 2 amide bonds. The van der Waals surface area contributed by atoms with E-state index in [1.807, 2.05) is 24.0 Å². The third kappa shape index (κ3) is 3.66. The Hall–Kier alpha value is -2.70. The number of piperidine rings is 1. The van der Waals surface area contributed by atoms with E-state index in [4.69, 9.17) is 0 Å². The second-order valence-electron chi connectivity index (χ2n) is 7.56. The standard InChI is InChI=1S/C21H29N5O2/c1-6-17-13(3)20(25-19-11-23-12(2)10-24-19)16-9-15(21(28)22-5)7-8-18(16)26(17)14(4)27/h7,9-11,13,17-18,20H,6,8H2,1-5H3,(H,22,28)(H,24,25)/t13-,17-,18?,20?/m0/s1. The molecule has 1 aliphatic carbocycles. The number of anilines is 1.